The fraction of sp³-hybridized carbons (Fsp3) is 0.500. The molecule has 8 rings (SSSR count). The van der Waals surface area contributed by atoms with E-state index >= 15 is 8.78 Å². The Kier molecular flexibility index (Phi) is 6.64. The molecule has 44 heavy (non-hydrogen) atoms. The van der Waals surface area contributed by atoms with Crippen molar-refractivity contribution in [3.63, 3.8) is 0 Å². The maximum atomic E-state index is 16.9. The summed E-state index contributed by atoms with van der Waals surface area (Å²) in [6, 6.07) is 6.18. The molecule has 4 aliphatic rings. The zero-order chi connectivity index (χ0) is 30.1. The average Bonchev–Trinajstić information content (AvgIpc) is 3.57. The van der Waals surface area contributed by atoms with Gasteiger partial charge in [-0.1, -0.05) is 13.0 Å². The van der Waals surface area contributed by atoms with Gasteiger partial charge in [0.25, 0.3) is 0 Å². The minimum Gasteiger partial charge on any atom is -0.508 e. The number of nitrogens with zero attached hydrogens (tertiary/aromatic N) is 4. The highest BCUT2D eigenvalue weighted by Gasteiger charge is 2.45. The van der Waals surface area contributed by atoms with Crippen molar-refractivity contribution in [2.24, 2.45) is 0 Å². The Hall–Kier alpha value is -3.63. The van der Waals surface area contributed by atoms with Gasteiger partial charge in [0.05, 0.1) is 28.8 Å². The van der Waals surface area contributed by atoms with Gasteiger partial charge in [0.15, 0.2) is 5.82 Å². The van der Waals surface area contributed by atoms with Gasteiger partial charge in [-0.3, -0.25) is 4.90 Å². The number of fused-ring (bicyclic) bond motifs is 2. The molecule has 1 unspecified atom stereocenters. The Labute approximate surface area is 254 Å². The first-order valence-corrected chi connectivity index (χ1v) is 16.0. The first-order chi connectivity index (χ1) is 21.4. The summed E-state index contributed by atoms with van der Waals surface area (Å²) in [7, 11) is 0. The molecule has 3 fully saturated rings. The quantitative estimate of drug-likeness (QED) is 0.275. The fourth-order valence-corrected chi connectivity index (χ4v) is 8.25. The van der Waals surface area contributed by atoms with Gasteiger partial charge < -0.3 is 19.9 Å². The molecule has 2 aromatic carbocycles. The summed E-state index contributed by atoms with van der Waals surface area (Å²) < 4.78 is 44.3. The standard InChI is InChI=1S/C34H37F2N5O3/c1-2-22-24(35)7-6-20-16-21(42)17-23(26(20)22)29-28(36)30-27-25(37-29)8-12-33(9-5-15-43-18-33)40-31(27)39-32(38-30)44-19-34-10-3-13-41(34)14-4-11-34/h6-7,16-17,42H,2-5,8-15,18-19H2,1H3,(H,38,39,40). The van der Waals surface area contributed by atoms with E-state index in [4.69, 9.17) is 24.4 Å². The molecule has 4 aromatic rings. The fourth-order valence-electron chi connectivity index (χ4n) is 8.25. The van der Waals surface area contributed by atoms with E-state index in [0.717, 1.165) is 58.0 Å². The monoisotopic (exact) mass is 601 g/mol. The zero-order valence-corrected chi connectivity index (χ0v) is 25.0. The molecule has 0 aliphatic carbocycles. The van der Waals surface area contributed by atoms with Gasteiger partial charge in [0, 0.05) is 12.2 Å². The molecule has 8 nitrogen and oxygen atoms in total. The average molecular weight is 602 g/mol. The highest BCUT2D eigenvalue weighted by molar-refractivity contribution is 6.02. The van der Waals surface area contributed by atoms with Crippen molar-refractivity contribution in [3.8, 4) is 23.0 Å². The number of pyridine rings is 1. The lowest BCUT2D eigenvalue weighted by atomic mass is 9.87. The van der Waals surface area contributed by atoms with Gasteiger partial charge in [-0.2, -0.15) is 9.97 Å². The second kappa shape index (κ2) is 10.5. The Bertz CT molecular complexity index is 1780. The second-order valence-corrected chi connectivity index (χ2v) is 13.0. The predicted octanol–water partition coefficient (Wildman–Crippen LogP) is 6.31. The molecule has 4 aliphatic heterocycles. The van der Waals surface area contributed by atoms with Crippen molar-refractivity contribution in [3.05, 3.63) is 47.2 Å². The molecular formula is C34H37F2N5O3. The van der Waals surface area contributed by atoms with Crippen molar-refractivity contribution < 1.29 is 23.4 Å². The van der Waals surface area contributed by atoms with Crippen molar-refractivity contribution >= 4 is 27.5 Å². The van der Waals surface area contributed by atoms with E-state index in [1.54, 1.807) is 12.1 Å². The maximum Gasteiger partial charge on any atom is 0.319 e. The van der Waals surface area contributed by atoms with E-state index in [1.807, 2.05) is 6.92 Å². The number of benzene rings is 2. The first kappa shape index (κ1) is 27.9. The van der Waals surface area contributed by atoms with Gasteiger partial charge >= 0.3 is 6.01 Å². The second-order valence-electron chi connectivity index (χ2n) is 13.0. The smallest absolute Gasteiger partial charge is 0.319 e. The summed E-state index contributed by atoms with van der Waals surface area (Å²) in [6.07, 6.45) is 7.91. The van der Waals surface area contributed by atoms with Gasteiger partial charge in [-0.25, -0.2) is 13.8 Å². The summed E-state index contributed by atoms with van der Waals surface area (Å²) in [5, 5.41) is 16.0. The van der Waals surface area contributed by atoms with Crippen LogP contribution in [0, 0.1) is 11.6 Å². The summed E-state index contributed by atoms with van der Waals surface area (Å²) in [5.74, 6) is -0.552. The molecule has 2 N–H and O–H groups in total. The lowest BCUT2D eigenvalue weighted by Gasteiger charge is -2.37. The molecule has 230 valence electrons. The summed E-state index contributed by atoms with van der Waals surface area (Å²) >= 11 is 0. The number of aromatic nitrogens is 3. The molecule has 1 atom stereocenters. The third kappa shape index (κ3) is 4.40. The van der Waals surface area contributed by atoms with Crippen LogP contribution in [0.1, 0.15) is 63.1 Å². The van der Waals surface area contributed by atoms with Crippen molar-refractivity contribution in [1.29, 1.82) is 0 Å². The number of nitrogens with one attached hydrogen (secondary N) is 1. The summed E-state index contributed by atoms with van der Waals surface area (Å²) in [4.78, 5) is 17.0. The van der Waals surface area contributed by atoms with Crippen LogP contribution in [0.25, 0.3) is 32.9 Å². The van der Waals surface area contributed by atoms with E-state index in [0.29, 0.717) is 71.5 Å². The number of phenols is 1. The van der Waals surface area contributed by atoms with E-state index in [2.05, 4.69) is 10.2 Å². The summed E-state index contributed by atoms with van der Waals surface area (Å²) in [6.45, 7) is 5.69. The molecule has 0 saturated carbocycles. The van der Waals surface area contributed by atoms with Crippen LogP contribution in [0.5, 0.6) is 11.8 Å². The van der Waals surface area contributed by atoms with Crippen LogP contribution in [-0.4, -0.2) is 68.9 Å². The molecule has 3 saturated heterocycles. The highest BCUT2D eigenvalue weighted by Crippen LogP contribution is 2.43. The molecular weight excluding hydrogens is 564 g/mol. The predicted molar refractivity (Wildman–Crippen MR) is 164 cm³/mol. The van der Waals surface area contributed by atoms with Gasteiger partial charge in [0.2, 0.25) is 0 Å². The number of hydrogen-bond donors (Lipinski definition) is 2. The molecule has 6 heterocycles. The SMILES string of the molecule is CCc1c(F)ccc2cc(O)cc(-c3nc4c5c(nc(OCC67CCCN6CCC7)nc5c3F)NC3(CCCOC3)CC4)c12. The van der Waals surface area contributed by atoms with Crippen LogP contribution in [0.3, 0.4) is 0 Å². The van der Waals surface area contributed by atoms with Crippen LogP contribution >= 0.6 is 0 Å². The highest BCUT2D eigenvalue weighted by atomic mass is 19.1. The number of phenolic OH excluding ortho intramolecular Hbond substituents is 1. The van der Waals surface area contributed by atoms with Crippen LogP contribution in [0.4, 0.5) is 14.6 Å². The molecule has 10 heteroatoms. The number of halogens is 2. The molecule has 0 radical (unpaired) electrons. The Morgan fingerprint density at radius 1 is 1.02 bits per heavy atom. The Morgan fingerprint density at radius 2 is 1.86 bits per heavy atom. The number of hydrogen-bond acceptors (Lipinski definition) is 8. The van der Waals surface area contributed by atoms with Crippen LogP contribution < -0.4 is 10.1 Å². The van der Waals surface area contributed by atoms with E-state index < -0.39 is 5.82 Å². The maximum absolute atomic E-state index is 16.9. The zero-order valence-electron chi connectivity index (χ0n) is 25.0. The van der Waals surface area contributed by atoms with Gasteiger partial charge in [0.1, 0.15) is 35.2 Å². The molecule has 0 bridgehead atoms. The number of aryl methyl sites for hydroxylation is 2. The topological polar surface area (TPSA) is 92.6 Å². The molecule has 0 amide bonds. The minimum absolute atomic E-state index is 0.0213. The Morgan fingerprint density at radius 3 is 2.64 bits per heavy atom. The largest absolute Gasteiger partial charge is 0.508 e. The first-order valence-electron chi connectivity index (χ1n) is 16.0. The number of ether oxygens (including phenoxy) is 2. The third-order valence-corrected chi connectivity index (χ3v) is 10.4. The van der Waals surface area contributed by atoms with Gasteiger partial charge in [-0.15, -0.1) is 0 Å². The summed E-state index contributed by atoms with van der Waals surface area (Å²) in [5.41, 5.74) is 1.22. The lowest BCUT2D eigenvalue weighted by Crippen LogP contribution is -2.46. The third-order valence-electron chi connectivity index (χ3n) is 10.4. The van der Waals surface area contributed by atoms with E-state index in [1.165, 1.54) is 12.1 Å². The minimum atomic E-state index is -0.644. The van der Waals surface area contributed by atoms with E-state index in [9.17, 15) is 5.11 Å². The van der Waals surface area contributed by atoms with Crippen molar-refractivity contribution in [2.45, 2.75) is 75.8 Å². The lowest BCUT2D eigenvalue weighted by molar-refractivity contribution is 0.0437. The Balaban J connectivity index is 1.32. The van der Waals surface area contributed by atoms with E-state index in [-0.39, 0.29) is 39.9 Å². The van der Waals surface area contributed by atoms with Crippen LogP contribution in [0.15, 0.2) is 24.3 Å². The van der Waals surface area contributed by atoms with Crippen molar-refractivity contribution in [1.82, 2.24) is 19.9 Å². The molecule has 2 aromatic heterocycles. The molecule has 1 spiro atoms. The van der Waals surface area contributed by atoms with Crippen LogP contribution in [-0.2, 0) is 17.6 Å². The number of anilines is 1. The van der Waals surface area contributed by atoms with Gasteiger partial charge in [-0.05, 0) is 105 Å². The number of aromatic hydroxyl groups is 1. The van der Waals surface area contributed by atoms with Crippen molar-refractivity contribution in [2.75, 3.05) is 38.2 Å². The number of rotatable bonds is 5. The normalized spacial score (nSPS) is 22.8. The van der Waals surface area contributed by atoms with Crippen LogP contribution in [0.2, 0.25) is 0 Å².